The Morgan fingerprint density at radius 2 is 1.91 bits per heavy atom. The number of nitrogens with one attached hydrogen (secondary N) is 3. The molecule has 0 bridgehead atoms. The highest BCUT2D eigenvalue weighted by Crippen LogP contribution is 2.46. The predicted octanol–water partition coefficient (Wildman–Crippen LogP) is 1.59. The third kappa shape index (κ3) is 3.26. The second-order valence-corrected chi connectivity index (χ2v) is 9.33. The number of pyridine rings is 1. The van der Waals surface area contributed by atoms with Crippen LogP contribution in [0.25, 0.3) is 0 Å². The van der Waals surface area contributed by atoms with Crippen molar-refractivity contribution in [2.75, 3.05) is 47.8 Å². The molecule has 0 aromatic carbocycles. The van der Waals surface area contributed by atoms with Crippen molar-refractivity contribution >= 4 is 29.2 Å². The summed E-state index contributed by atoms with van der Waals surface area (Å²) in [5, 5.41) is 9.76. The minimum absolute atomic E-state index is 0.143. The number of hydrogen-bond acceptors (Lipinski definition) is 8. The Kier molecular flexibility index (Phi) is 4.86. The normalized spacial score (nSPS) is 25.4. The van der Waals surface area contributed by atoms with Gasteiger partial charge in [0.05, 0.1) is 11.9 Å². The molecule has 32 heavy (non-hydrogen) atoms. The molecule has 9 heteroatoms. The van der Waals surface area contributed by atoms with Crippen LogP contribution in [-0.4, -0.2) is 65.2 Å². The Morgan fingerprint density at radius 3 is 2.62 bits per heavy atom. The fourth-order valence-electron chi connectivity index (χ4n) is 5.81. The number of carbonyl (C=O) groups is 1. The van der Waals surface area contributed by atoms with E-state index in [1.54, 1.807) is 0 Å². The van der Waals surface area contributed by atoms with Gasteiger partial charge in [0.15, 0.2) is 0 Å². The predicted molar refractivity (Wildman–Crippen MR) is 123 cm³/mol. The van der Waals surface area contributed by atoms with E-state index in [9.17, 15) is 4.79 Å². The van der Waals surface area contributed by atoms with Crippen molar-refractivity contribution in [3.63, 3.8) is 0 Å². The molecule has 5 heterocycles. The van der Waals surface area contributed by atoms with Crippen LogP contribution in [0.1, 0.15) is 37.7 Å². The number of amides is 1. The summed E-state index contributed by atoms with van der Waals surface area (Å²) in [6, 6.07) is 4.45. The smallest absolute Gasteiger partial charge is 0.246 e. The zero-order valence-electron chi connectivity index (χ0n) is 18.3. The first kappa shape index (κ1) is 19.7. The molecule has 4 aliphatic rings. The SMILES string of the molecule is O=C1NCCC12Cc1cnc(Nc3ccc(N4CCNCC4)nc3)nc1N2C1CCCC1. The summed E-state index contributed by atoms with van der Waals surface area (Å²) in [5.74, 6) is 2.62. The first-order chi connectivity index (χ1) is 15.7. The molecule has 1 saturated carbocycles. The van der Waals surface area contributed by atoms with Gasteiger partial charge in [-0.2, -0.15) is 4.98 Å². The molecule has 1 spiro atoms. The average molecular weight is 435 g/mol. The standard InChI is InChI=1S/C23H30N8O/c32-21-23(7-8-25-21)13-16-14-27-22(29-20(16)31(23)18-3-1-2-4-18)28-17-5-6-19(26-15-17)30-11-9-24-10-12-30/h5-6,14-15,18,24H,1-4,7-13H2,(H,25,32)(H,27,28,29). The maximum atomic E-state index is 12.9. The second-order valence-electron chi connectivity index (χ2n) is 9.33. The first-order valence-corrected chi connectivity index (χ1v) is 11.9. The Morgan fingerprint density at radius 1 is 1.06 bits per heavy atom. The number of anilines is 4. The van der Waals surface area contributed by atoms with Crippen LogP contribution < -0.4 is 25.8 Å². The molecular formula is C23H30N8O. The van der Waals surface area contributed by atoms with Crippen LogP contribution in [0.3, 0.4) is 0 Å². The fourth-order valence-corrected chi connectivity index (χ4v) is 5.81. The summed E-state index contributed by atoms with van der Waals surface area (Å²) < 4.78 is 0. The third-order valence-corrected chi connectivity index (χ3v) is 7.40. The molecule has 2 aromatic rings. The monoisotopic (exact) mass is 434 g/mol. The van der Waals surface area contributed by atoms with Crippen molar-refractivity contribution in [1.82, 2.24) is 25.6 Å². The summed E-state index contributed by atoms with van der Waals surface area (Å²) in [4.78, 5) is 31.7. The maximum Gasteiger partial charge on any atom is 0.246 e. The van der Waals surface area contributed by atoms with Gasteiger partial charge in [-0.1, -0.05) is 12.8 Å². The lowest BCUT2D eigenvalue weighted by molar-refractivity contribution is -0.123. The quantitative estimate of drug-likeness (QED) is 0.667. The fraction of sp³-hybridized carbons (Fsp3) is 0.565. The first-order valence-electron chi connectivity index (χ1n) is 11.9. The van der Waals surface area contributed by atoms with E-state index >= 15 is 0 Å². The van der Waals surface area contributed by atoms with Crippen molar-refractivity contribution < 1.29 is 4.79 Å². The van der Waals surface area contributed by atoms with Gasteiger partial charge in [-0.25, -0.2) is 9.97 Å². The van der Waals surface area contributed by atoms with Crippen LogP contribution in [0.15, 0.2) is 24.5 Å². The minimum atomic E-state index is -0.489. The molecule has 1 aliphatic carbocycles. The van der Waals surface area contributed by atoms with Crippen LogP contribution in [0.4, 0.5) is 23.3 Å². The Balaban J connectivity index is 1.26. The molecule has 0 radical (unpaired) electrons. The van der Waals surface area contributed by atoms with Crippen LogP contribution in [0, 0.1) is 0 Å². The van der Waals surface area contributed by atoms with Gasteiger partial charge >= 0.3 is 0 Å². The highest BCUT2D eigenvalue weighted by molar-refractivity contribution is 5.94. The molecule has 3 N–H and O–H groups in total. The Hall–Kier alpha value is -2.94. The number of aromatic nitrogens is 3. The lowest BCUT2D eigenvalue weighted by Gasteiger charge is -2.38. The van der Waals surface area contributed by atoms with E-state index in [1.807, 2.05) is 24.5 Å². The third-order valence-electron chi connectivity index (χ3n) is 7.40. The summed E-state index contributed by atoms with van der Waals surface area (Å²) in [7, 11) is 0. The zero-order chi connectivity index (χ0) is 21.5. The van der Waals surface area contributed by atoms with Gasteiger partial charge in [0.25, 0.3) is 0 Å². The minimum Gasteiger partial charge on any atom is -0.354 e. The largest absolute Gasteiger partial charge is 0.354 e. The topological polar surface area (TPSA) is 98.3 Å². The molecule has 3 fully saturated rings. The van der Waals surface area contributed by atoms with E-state index in [0.717, 1.165) is 74.9 Å². The number of fused-ring (bicyclic) bond motifs is 1. The van der Waals surface area contributed by atoms with E-state index < -0.39 is 5.54 Å². The molecule has 1 unspecified atom stereocenters. The van der Waals surface area contributed by atoms with Crippen LogP contribution in [0.5, 0.6) is 0 Å². The van der Waals surface area contributed by atoms with E-state index in [4.69, 9.17) is 4.98 Å². The van der Waals surface area contributed by atoms with Crippen LogP contribution >= 0.6 is 0 Å². The van der Waals surface area contributed by atoms with Crippen molar-refractivity contribution in [2.24, 2.45) is 0 Å². The van der Waals surface area contributed by atoms with Crippen LogP contribution in [-0.2, 0) is 11.2 Å². The molecule has 6 rings (SSSR count). The Labute approximate surface area is 188 Å². The van der Waals surface area contributed by atoms with E-state index in [0.29, 0.717) is 18.4 Å². The molecule has 168 valence electrons. The molecule has 3 aliphatic heterocycles. The van der Waals surface area contributed by atoms with Crippen molar-refractivity contribution in [1.29, 1.82) is 0 Å². The van der Waals surface area contributed by atoms with Crippen molar-refractivity contribution in [3.05, 3.63) is 30.1 Å². The Bertz CT molecular complexity index is 1000. The van der Waals surface area contributed by atoms with Gasteiger partial charge in [-0.15, -0.1) is 0 Å². The molecule has 1 amide bonds. The molecule has 1 atom stereocenters. The van der Waals surface area contributed by atoms with Gasteiger partial charge in [-0.05, 0) is 31.4 Å². The van der Waals surface area contributed by atoms with Crippen LogP contribution in [0.2, 0.25) is 0 Å². The zero-order valence-corrected chi connectivity index (χ0v) is 18.3. The van der Waals surface area contributed by atoms with Gasteiger partial charge in [0.2, 0.25) is 11.9 Å². The molecular weight excluding hydrogens is 404 g/mol. The number of rotatable bonds is 4. The van der Waals surface area contributed by atoms with E-state index in [2.05, 4.69) is 35.7 Å². The average Bonchev–Trinajstić information content (AvgIpc) is 3.55. The molecule has 9 nitrogen and oxygen atoms in total. The summed E-state index contributed by atoms with van der Waals surface area (Å²) >= 11 is 0. The highest BCUT2D eigenvalue weighted by atomic mass is 16.2. The van der Waals surface area contributed by atoms with Gasteiger partial charge in [-0.3, -0.25) is 4.79 Å². The number of carbonyl (C=O) groups excluding carboxylic acids is 1. The van der Waals surface area contributed by atoms with Crippen molar-refractivity contribution in [3.8, 4) is 0 Å². The van der Waals surface area contributed by atoms with Gasteiger partial charge in [0, 0.05) is 56.9 Å². The second kappa shape index (κ2) is 7.88. The van der Waals surface area contributed by atoms with E-state index in [1.165, 1.54) is 12.8 Å². The lowest BCUT2D eigenvalue weighted by Crippen LogP contribution is -2.56. The van der Waals surface area contributed by atoms with E-state index in [-0.39, 0.29) is 5.91 Å². The lowest BCUT2D eigenvalue weighted by atomic mass is 9.91. The number of nitrogens with zero attached hydrogens (tertiary/aromatic N) is 5. The van der Waals surface area contributed by atoms with Gasteiger partial charge < -0.3 is 25.8 Å². The molecule has 2 saturated heterocycles. The summed E-state index contributed by atoms with van der Waals surface area (Å²) in [6.45, 7) is 4.66. The van der Waals surface area contributed by atoms with Crippen molar-refractivity contribution in [2.45, 2.75) is 50.1 Å². The maximum absolute atomic E-state index is 12.9. The number of piperazine rings is 1. The number of hydrogen-bond donors (Lipinski definition) is 3. The highest BCUT2D eigenvalue weighted by Gasteiger charge is 2.55. The van der Waals surface area contributed by atoms with Gasteiger partial charge in [0.1, 0.15) is 17.2 Å². The summed E-state index contributed by atoms with van der Waals surface area (Å²) in [5.41, 5.74) is 1.45. The summed E-state index contributed by atoms with van der Waals surface area (Å²) in [6.07, 6.45) is 9.96. The molecule has 2 aromatic heterocycles.